The van der Waals surface area contributed by atoms with E-state index >= 15 is 0 Å². The fourth-order valence-electron chi connectivity index (χ4n) is 3.34. The Morgan fingerprint density at radius 1 is 1.00 bits per heavy atom. The van der Waals surface area contributed by atoms with Gasteiger partial charge in [0.25, 0.3) is 0 Å². The third-order valence-corrected chi connectivity index (χ3v) is 5.16. The van der Waals surface area contributed by atoms with Crippen molar-refractivity contribution in [1.29, 1.82) is 0 Å². The minimum absolute atomic E-state index is 0.176. The SMILES string of the molecule is NC(N)=NCCCCCCCCNC(N)=NCCCOCc1ccc(C2=NCCCN2)cn1. The molecule has 1 aromatic rings. The van der Waals surface area contributed by atoms with E-state index in [2.05, 4.69) is 30.6 Å². The second kappa shape index (κ2) is 16.7. The average molecular weight is 460 g/mol. The maximum Gasteiger partial charge on any atom is 0.188 e. The molecule has 2 rings (SSSR count). The molecule has 0 aromatic carbocycles. The van der Waals surface area contributed by atoms with Crippen molar-refractivity contribution in [1.82, 2.24) is 15.6 Å². The van der Waals surface area contributed by atoms with Gasteiger partial charge >= 0.3 is 0 Å². The molecule has 0 saturated carbocycles. The summed E-state index contributed by atoms with van der Waals surface area (Å²) in [6, 6.07) is 4.02. The van der Waals surface area contributed by atoms with E-state index in [1.807, 2.05) is 18.3 Å². The van der Waals surface area contributed by atoms with Gasteiger partial charge in [0.05, 0.1) is 12.3 Å². The summed E-state index contributed by atoms with van der Waals surface area (Å²) < 4.78 is 5.70. The zero-order valence-electron chi connectivity index (χ0n) is 19.8. The number of nitrogens with two attached hydrogens (primary N) is 3. The molecule has 0 bridgehead atoms. The highest BCUT2D eigenvalue weighted by Crippen LogP contribution is 2.06. The number of unbranched alkanes of at least 4 members (excludes halogenated alkanes) is 5. The Morgan fingerprint density at radius 3 is 2.52 bits per heavy atom. The Bertz CT molecular complexity index is 743. The summed E-state index contributed by atoms with van der Waals surface area (Å²) in [5.74, 6) is 1.61. The lowest BCUT2D eigenvalue weighted by Gasteiger charge is -2.14. The van der Waals surface area contributed by atoms with Gasteiger partial charge in [-0.1, -0.05) is 25.7 Å². The number of ether oxygens (including phenoxy) is 1. The Morgan fingerprint density at radius 2 is 1.79 bits per heavy atom. The summed E-state index contributed by atoms with van der Waals surface area (Å²) in [6.45, 7) is 5.18. The lowest BCUT2D eigenvalue weighted by Crippen LogP contribution is -2.32. The molecule has 0 amide bonds. The van der Waals surface area contributed by atoms with Gasteiger partial charge in [-0.3, -0.25) is 20.0 Å². The van der Waals surface area contributed by atoms with Gasteiger partial charge in [-0.25, -0.2) is 0 Å². The van der Waals surface area contributed by atoms with Crippen LogP contribution in [0.1, 0.15) is 62.6 Å². The Hall–Kier alpha value is -2.88. The van der Waals surface area contributed by atoms with E-state index in [9.17, 15) is 0 Å². The van der Waals surface area contributed by atoms with Crippen LogP contribution in [0.25, 0.3) is 0 Å². The second-order valence-electron chi connectivity index (χ2n) is 8.08. The van der Waals surface area contributed by atoms with Crippen LogP contribution in [0.2, 0.25) is 0 Å². The molecule has 1 aliphatic heterocycles. The van der Waals surface area contributed by atoms with Crippen molar-refractivity contribution in [3.63, 3.8) is 0 Å². The fourth-order valence-corrected chi connectivity index (χ4v) is 3.34. The molecule has 10 nitrogen and oxygen atoms in total. The minimum atomic E-state index is 0.176. The van der Waals surface area contributed by atoms with Gasteiger partial charge in [-0.05, 0) is 37.8 Å². The number of pyridine rings is 1. The second-order valence-corrected chi connectivity index (χ2v) is 8.08. The van der Waals surface area contributed by atoms with E-state index in [4.69, 9.17) is 21.9 Å². The van der Waals surface area contributed by atoms with Crippen LogP contribution >= 0.6 is 0 Å². The predicted molar refractivity (Wildman–Crippen MR) is 135 cm³/mol. The number of rotatable bonds is 16. The number of amidine groups is 1. The Kier molecular flexibility index (Phi) is 13.4. The van der Waals surface area contributed by atoms with Crippen LogP contribution in [0, 0.1) is 0 Å². The van der Waals surface area contributed by atoms with Gasteiger partial charge in [0.2, 0.25) is 0 Å². The molecule has 0 saturated heterocycles. The molecule has 0 atom stereocenters. The van der Waals surface area contributed by atoms with Crippen LogP contribution in [0.5, 0.6) is 0 Å². The monoisotopic (exact) mass is 459 g/mol. The predicted octanol–water partition coefficient (Wildman–Crippen LogP) is 1.25. The zero-order chi connectivity index (χ0) is 23.6. The molecule has 10 heteroatoms. The van der Waals surface area contributed by atoms with Crippen molar-refractivity contribution < 1.29 is 4.74 Å². The van der Waals surface area contributed by atoms with Gasteiger partial charge in [0.15, 0.2) is 11.9 Å². The van der Waals surface area contributed by atoms with E-state index < -0.39 is 0 Å². The van der Waals surface area contributed by atoms with Crippen molar-refractivity contribution in [3.05, 3.63) is 29.6 Å². The molecule has 8 N–H and O–H groups in total. The van der Waals surface area contributed by atoms with Crippen molar-refractivity contribution in [2.75, 3.05) is 39.3 Å². The van der Waals surface area contributed by atoms with Crippen molar-refractivity contribution >= 4 is 17.8 Å². The quantitative estimate of drug-likeness (QED) is 0.141. The largest absolute Gasteiger partial charge is 0.375 e. The lowest BCUT2D eigenvalue weighted by atomic mass is 10.1. The van der Waals surface area contributed by atoms with Crippen molar-refractivity contribution in [3.8, 4) is 0 Å². The van der Waals surface area contributed by atoms with E-state index in [0.717, 1.165) is 75.4 Å². The molecule has 2 heterocycles. The molecular formula is C23H41N9O. The molecule has 1 aromatic heterocycles. The standard InChI is InChI=1S/C23H41N9O/c24-22(25)29-11-5-3-1-2-4-6-12-30-23(26)31-15-8-16-33-18-20-10-9-19(17-32-20)21-27-13-7-14-28-21/h9-10,17H,1-8,11-16,18H2,(H,27,28)(H4,24,25,29)(H3,26,30,31). The summed E-state index contributed by atoms with van der Waals surface area (Å²) in [4.78, 5) is 17.3. The maximum atomic E-state index is 5.92. The summed E-state index contributed by atoms with van der Waals surface area (Å²) in [5.41, 5.74) is 18.4. The Balaban J connectivity index is 1.43. The topological polar surface area (TPSA) is 161 Å². The Labute approximate surface area is 197 Å². The van der Waals surface area contributed by atoms with Crippen LogP contribution in [0.15, 0.2) is 33.3 Å². The number of aliphatic imine (C=N–C) groups is 3. The number of hydrogen-bond acceptors (Lipinski definition) is 6. The highest BCUT2D eigenvalue weighted by molar-refractivity contribution is 5.98. The minimum Gasteiger partial charge on any atom is -0.375 e. The number of hydrogen-bond donors (Lipinski definition) is 5. The molecule has 0 spiro atoms. The average Bonchev–Trinajstić information content (AvgIpc) is 2.83. The molecule has 1 aliphatic rings. The number of guanidine groups is 2. The van der Waals surface area contributed by atoms with Gasteiger partial charge in [0, 0.05) is 51.1 Å². The van der Waals surface area contributed by atoms with Crippen molar-refractivity contribution in [2.45, 2.75) is 58.0 Å². The summed E-state index contributed by atoms with van der Waals surface area (Å²) in [7, 11) is 0. The molecular weight excluding hydrogens is 418 g/mol. The summed E-state index contributed by atoms with van der Waals surface area (Å²) in [5, 5.41) is 6.48. The molecule has 184 valence electrons. The highest BCUT2D eigenvalue weighted by atomic mass is 16.5. The van der Waals surface area contributed by atoms with Crippen LogP contribution in [0.4, 0.5) is 0 Å². The first-order valence-electron chi connectivity index (χ1n) is 12.1. The van der Waals surface area contributed by atoms with Gasteiger partial charge in [-0.15, -0.1) is 0 Å². The first-order valence-corrected chi connectivity index (χ1v) is 12.1. The normalized spacial score (nSPS) is 13.8. The first-order chi connectivity index (χ1) is 16.1. The van der Waals surface area contributed by atoms with Crippen molar-refractivity contribution in [2.24, 2.45) is 32.2 Å². The molecule has 0 fully saturated rings. The summed E-state index contributed by atoms with van der Waals surface area (Å²) >= 11 is 0. The first kappa shape index (κ1) is 26.4. The van der Waals surface area contributed by atoms with Gasteiger partial charge in [0.1, 0.15) is 5.84 Å². The smallest absolute Gasteiger partial charge is 0.188 e. The van der Waals surface area contributed by atoms with E-state index in [1.54, 1.807) is 0 Å². The van der Waals surface area contributed by atoms with Crippen LogP contribution in [-0.4, -0.2) is 62.1 Å². The van der Waals surface area contributed by atoms with E-state index in [1.165, 1.54) is 19.3 Å². The zero-order valence-corrected chi connectivity index (χ0v) is 19.8. The van der Waals surface area contributed by atoms with Crippen LogP contribution < -0.4 is 27.8 Å². The lowest BCUT2D eigenvalue weighted by molar-refractivity contribution is 0.117. The molecule has 33 heavy (non-hydrogen) atoms. The maximum absolute atomic E-state index is 5.92. The third kappa shape index (κ3) is 12.7. The highest BCUT2D eigenvalue weighted by Gasteiger charge is 2.07. The van der Waals surface area contributed by atoms with Crippen LogP contribution in [0.3, 0.4) is 0 Å². The van der Waals surface area contributed by atoms with Gasteiger partial charge in [-0.2, -0.15) is 0 Å². The summed E-state index contributed by atoms with van der Waals surface area (Å²) in [6.07, 6.45) is 10.6. The van der Waals surface area contributed by atoms with Gasteiger partial charge < -0.3 is 32.6 Å². The fraction of sp³-hybridized carbons (Fsp3) is 0.652. The molecule has 0 aliphatic carbocycles. The van der Waals surface area contributed by atoms with Crippen LogP contribution in [-0.2, 0) is 11.3 Å². The third-order valence-electron chi connectivity index (χ3n) is 5.16. The van der Waals surface area contributed by atoms with E-state index in [0.29, 0.717) is 25.7 Å². The molecule has 0 radical (unpaired) electrons. The molecule has 0 unspecified atom stereocenters. The number of nitrogens with one attached hydrogen (secondary N) is 2. The number of aromatic nitrogens is 1. The van der Waals surface area contributed by atoms with E-state index in [-0.39, 0.29) is 5.96 Å². The number of nitrogens with zero attached hydrogens (tertiary/aromatic N) is 4.